The van der Waals surface area contributed by atoms with Crippen molar-refractivity contribution in [1.82, 2.24) is 5.43 Å². The Hall–Kier alpha value is -3.91. The molecule has 3 aromatic rings. The number of para-hydroxylation sites is 1. The number of anilines is 1. The largest absolute Gasteiger partial charge is 0.456 e. The first kappa shape index (κ1) is 18.5. The summed E-state index contributed by atoms with van der Waals surface area (Å²) in [5, 5.41) is 12.7. The minimum Gasteiger partial charge on any atom is -0.456 e. The lowest BCUT2D eigenvalue weighted by atomic mass is 10.1. The Morgan fingerprint density at radius 3 is 2.62 bits per heavy atom. The minimum absolute atomic E-state index is 0.108. The van der Waals surface area contributed by atoms with E-state index in [1.54, 1.807) is 48.5 Å². The van der Waals surface area contributed by atoms with Crippen LogP contribution in [0.3, 0.4) is 0 Å². The van der Waals surface area contributed by atoms with Crippen LogP contribution in [0, 0.1) is 10.1 Å². The average Bonchev–Trinajstić information content (AvgIpc) is 3.28. The molecule has 0 unspecified atom stereocenters. The number of hydrazine groups is 1. The molecule has 0 radical (unpaired) electrons. The summed E-state index contributed by atoms with van der Waals surface area (Å²) in [5.74, 6) is -0.703. The number of nitro groups is 1. The molecule has 1 aromatic heterocycles. The highest BCUT2D eigenvalue weighted by atomic mass is 35.5. The molecule has 2 aromatic carbocycles. The van der Waals surface area contributed by atoms with Crippen molar-refractivity contribution >= 4 is 40.9 Å². The van der Waals surface area contributed by atoms with E-state index in [9.17, 15) is 19.7 Å². The zero-order chi connectivity index (χ0) is 20.5. The molecule has 8 nitrogen and oxygen atoms in total. The van der Waals surface area contributed by atoms with Gasteiger partial charge in [-0.05, 0) is 42.5 Å². The van der Waals surface area contributed by atoms with Crippen LogP contribution < -0.4 is 10.4 Å². The molecule has 0 aliphatic carbocycles. The third-order valence-corrected chi connectivity index (χ3v) is 4.47. The predicted molar refractivity (Wildman–Crippen MR) is 106 cm³/mol. The van der Waals surface area contributed by atoms with E-state index in [1.165, 1.54) is 18.2 Å². The SMILES string of the molecule is O=C1NN(c2cccc(Cl)c2)C(=O)C1=Cc1ccc(-c2ccccc2[N+](=O)[O-])o1. The van der Waals surface area contributed by atoms with Crippen molar-refractivity contribution in [1.29, 1.82) is 0 Å². The number of halogens is 1. The number of hydrogen-bond acceptors (Lipinski definition) is 5. The molecular formula is C20H12ClN3O5. The topological polar surface area (TPSA) is 106 Å². The molecule has 4 rings (SSSR count). The van der Waals surface area contributed by atoms with Crippen LogP contribution in [-0.4, -0.2) is 16.7 Å². The fourth-order valence-corrected chi connectivity index (χ4v) is 3.10. The maximum absolute atomic E-state index is 12.7. The van der Waals surface area contributed by atoms with Crippen LogP contribution >= 0.6 is 11.6 Å². The molecule has 1 N–H and O–H groups in total. The molecule has 1 saturated heterocycles. The number of nitro benzene ring substituents is 1. The van der Waals surface area contributed by atoms with E-state index < -0.39 is 16.7 Å². The van der Waals surface area contributed by atoms with Gasteiger partial charge >= 0.3 is 0 Å². The van der Waals surface area contributed by atoms with Crippen molar-refractivity contribution < 1.29 is 18.9 Å². The fourth-order valence-electron chi connectivity index (χ4n) is 2.91. The number of carbonyl (C=O) groups is 2. The van der Waals surface area contributed by atoms with Crippen LogP contribution in [0.5, 0.6) is 0 Å². The number of rotatable bonds is 4. The maximum atomic E-state index is 12.7. The molecule has 144 valence electrons. The summed E-state index contributed by atoms with van der Waals surface area (Å²) in [6.07, 6.45) is 1.29. The quantitative estimate of drug-likeness (QED) is 0.304. The number of benzene rings is 2. The monoisotopic (exact) mass is 409 g/mol. The van der Waals surface area contributed by atoms with Gasteiger partial charge in [-0.25, -0.2) is 5.01 Å². The molecule has 1 aliphatic heterocycles. The number of furan rings is 1. The molecule has 0 bridgehead atoms. The third-order valence-electron chi connectivity index (χ3n) is 4.24. The summed E-state index contributed by atoms with van der Waals surface area (Å²) in [6.45, 7) is 0. The summed E-state index contributed by atoms with van der Waals surface area (Å²) in [4.78, 5) is 35.6. The van der Waals surface area contributed by atoms with Crippen LogP contribution in [0.2, 0.25) is 5.02 Å². The molecule has 2 amide bonds. The number of hydrogen-bond donors (Lipinski definition) is 1. The smallest absolute Gasteiger partial charge is 0.282 e. The van der Waals surface area contributed by atoms with Crippen molar-refractivity contribution in [2.75, 3.05) is 5.01 Å². The van der Waals surface area contributed by atoms with Gasteiger partial charge in [0.05, 0.1) is 16.2 Å². The highest BCUT2D eigenvalue weighted by Gasteiger charge is 2.35. The Morgan fingerprint density at radius 1 is 1.07 bits per heavy atom. The zero-order valence-electron chi connectivity index (χ0n) is 14.7. The van der Waals surface area contributed by atoms with Crippen molar-refractivity contribution in [2.45, 2.75) is 0 Å². The van der Waals surface area contributed by atoms with Gasteiger partial charge in [-0.3, -0.25) is 25.1 Å². The van der Waals surface area contributed by atoms with Crippen LogP contribution in [0.25, 0.3) is 17.4 Å². The summed E-state index contributed by atoms with van der Waals surface area (Å²) < 4.78 is 5.63. The Bertz CT molecular complexity index is 1180. The summed E-state index contributed by atoms with van der Waals surface area (Å²) in [5.41, 5.74) is 2.94. The lowest BCUT2D eigenvalue weighted by molar-refractivity contribution is -0.384. The van der Waals surface area contributed by atoms with E-state index in [1.807, 2.05) is 0 Å². The van der Waals surface area contributed by atoms with Gasteiger partial charge in [0.25, 0.3) is 17.5 Å². The first-order valence-corrected chi connectivity index (χ1v) is 8.78. The number of nitrogens with zero attached hydrogens (tertiary/aromatic N) is 2. The van der Waals surface area contributed by atoms with Gasteiger partial charge in [-0.1, -0.05) is 29.8 Å². The van der Waals surface area contributed by atoms with Gasteiger partial charge in [0.2, 0.25) is 0 Å². The zero-order valence-corrected chi connectivity index (χ0v) is 15.4. The molecule has 1 fully saturated rings. The van der Waals surface area contributed by atoms with Gasteiger partial charge in [0, 0.05) is 11.1 Å². The van der Waals surface area contributed by atoms with E-state index in [2.05, 4.69) is 5.43 Å². The normalized spacial score (nSPS) is 15.1. The fraction of sp³-hybridized carbons (Fsp3) is 0. The lowest BCUT2D eigenvalue weighted by Gasteiger charge is -2.14. The minimum atomic E-state index is -0.599. The van der Waals surface area contributed by atoms with Crippen molar-refractivity contribution in [2.24, 2.45) is 0 Å². The van der Waals surface area contributed by atoms with Crippen LogP contribution in [0.15, 0.2) is 70.7 Å². The number of nitrogens with one attached hydrogen (secondary N) is 1. The van der Waals surface area contributed by atoms with E-state index in [0.29, 0.717) is 16.3 Å². The number of amides is 2. The second-order valence-corrected chi connectivity index (χ2v) is 6.53. The van der Waals surface area contributed by atoms with E-state index >= 15 is 0 Å². The Balaban J connectivity index is 1.65. The van der Waals surface area contributed by atoms with Gasteiger partial charge in [0.15, 0.2) is 0 Å². The molecule has 9 heteroatoms. The van der Waals surface area contributed by atoms with E-state index in [0.717, 1.165) is 5.01 Å². The highest BCUT2D eigenvalue weighted by Crippen LogP contribution is 2.32. The molecule has 1 aliphatic rings. The highest BCUT2D eigenvalue weighted by molar-refractivity contribution is 6.33. The Morgan fingerprint density at radius 2 is 1.86 bits per heavy atom. The van der Waals surface area contributed by atoms with E-state index in [-0.39, 0.29) is 22.8 Å². The summed E-state index contributed by atoms with van der Waals surface area (Å²) >= 11 is 5.94. The standard InChI is InChI=1S/C20H12ClN3O5/c21-12-4-3-5-13(10-12)23-20(26)16(19(25)22-23)11-14-8-9-18(29-14)15-6-1-2-7-17(15)24(27)28/h1-11H,(H,22,25). The summed E-state index contributed by atoms with van der Waals surface area (Å²) in [7, 11) is 0. The maximum Gasteiger partial charge on any atom is 0.282 e. The lowest BCUT2D eigenvalue weighted by Crippen LogP contribution is -2.35. The molecular weight excluding hydrogens is 398 g/mol. The van der Waals surface area contributed by atoms with Crippen LogP contribution in [0.4, 0.5) is 11.4 Å². The van der Waals surface area contributed by atoms with Crippen molar-refractivity contribution in [3.63, 3.8) is 0 Å². The average molecular weight is 410 g/mol. The molecule has 0 atom stereocenters. The van der Waals surface area contributed by atoms with Crippen LogP contribution in [0.1, 0.15) is 5.76 Å². The van der Waals surface area contributed by atoms with Gasteiger partial charge in [-0.2, -0.15) is 0 Å². The number of carbonyl (C=O) groups excluding carboxylic acids is 2. The van der Waals surface area contributed by atoms with Gasteiger partial charge < -0.3 is 4.42 Å². The van der Waals surface area contributed by atoms with Crippen molar-refractivity contribution in [3.8, 4) is 11.3 Å². The van der Waals surface area contributed by atoms with Crippen molar-refractivity contribution in [3.05, 3.63) is 87.1 Å². The predicted octanol–water partition coefficient (Wildman–Crippen LogP) is 3.97. The second kappa shape index (κ2) is 7.25. The second-order valence-electron chi connectivity index (χ2n) is 6.10. The molecule has 0 spiro atoms. The molecule has 2 heterocycles. The molecule has 29 heavy (non-hydrogen) atoms. The first-order chi connectivity index (χ1) is 13.9. The van der Waals surface area contributed by atoms with Gasteiger partial charge in [0.1, 0.15) is 17.1 Å². The van der Waals surface area contributed by atoms with E-state index in [4.69, 9.17) is 16.0 Å². The first-order valence-electron chi connectivity index (χ1n) is 8.40. The third kappa shape index (κ3) is 3.48. The Kier molecular flexibility index (Phi) is 4.61. The van der Waals surface area contributed by atoms with Gasteiger partial charge in [-0.15, -0.1) is 0 Å². The summed E-state index contributed by atoms with van der Waals surface area (Å²) in [6, 6.07) is 15.7. The Labute approximate surface area is 169 Å². The molecule has 0 saturated carbocycles. The van der Waals surface area contributed by atoms with Crippen LogP contribution in [-0.2, 0) is 9.59 Å².